The summed E-state index contributed by atoms with van der Waals surface area (Å²) < 4.78 is 2.57. The largest absolute Gasteiger partial charge is 0.310 e. The molecule has 2 aliphatic rings. The first-order valence-corrected chi connectivity index (χ1v) is 40.3. The zero-order chi connectivity index (χ0) is 77.3. The van der Waals surface area contributed by atoms with Crippen molar-refractivity contribution in [3.63, 3.8) is 0 Å². The molecule has 0 bridgehead atoms. The van der Waals surface area contributed by atoms with E-state index in [1.165, 1.54) is 93.1 Å². The average Bonchev–Trinajstić information content (AvgIpc) is 0.783. The Bertz CT molecular complexity index is 6560. The molecule has 3 heterocycles. The van der Waals surface area contributed by atoms with Crippen LogP contribution in [0.1, 0.15) is 79.0 Å². The van der Waals surface area contributed by atoms with Gasteiger partial charge in [0.2, 0.25) is 0 Å². The van der Waals surface area contributed by atoms with Crippen LogP contribution >= 0.6 is 0 Å². The monoisotopic (exact) mass is 1460 g/mol. The summed E-state index contributed by atoms with van der Waals surface area (Å²) in [5, 5.41) is 7.37. The molecule has 0 saturated carbocycles. The lowest BCUT2D eigenvalue weighted by Crippen LogP contribution is -2.61. The number of nitrogens with zero attached hydrogens (tertiary/aromatic N) is 3. The Balaban J connectivity index is 0.969. The van der Waals surface area contributed by atoms with Crippen molar-refractivity contribution >= 4 is 101 Å². The number of hydrogen-bond acceptors (Lipinski definition) is 2. The molecule has 2 aliphatic heterocycles. The van der Waals surface area contributed by atoms with Gasteiger partial charge in [-0.25, -0.2) is 0 Å². The Kier molecular flexibility index (Phi) is 16.7. The Morgan fingerprint density at radius 3 is 0.895 bits per heavy atom. The maximum absolute atomic E-state index is 2.74. The molecule has 20 rings (SSSR count). The maximum atomic E-state index is 2.74. The van der Waals surface area contributed by atoms with E-state index in [2.05, 4.69) is 447 Å². The van der Waals surface area contributed by atoms with Gasteiger partial charge in [0.05, 0.1) is 22.4 Å². The van der Waals surface area contributed by atoms with Crippen molar-refractivity contribution in [2.24, 2.45) is 0 Å². The summed E-state index contributed by atoms with van der Waals surface area (Å²) in [7, 11) is 0. The van der Waals surface area contributed by atoms with Gasteiger partial charge in [-0.1, -0.05) is 353 Å². The van der Waals surface area contributed by atoms with Gasteiger partial charge in [0, 0.05) is 61.5 Å². The van der Waals surface area contributed by atoms with Crippen molar-refractivity contribution in [2.75, 3.05) is 9.80 Å². The highest BCUT2D eigenvalue weighted by Crippen LogP contribution is 2.57. The summed E-state index contributed by atoms with van der Waals surface area (Å²) in [5.41, 5.74) is 35.6. The molecule has 17 aromatic carbocycles. The van der Waals surface area contributed by atoms with Gasteiger partial charge in [-0.15, -0.1) is 0 Å². The molecule has 18 aromatic rings. The number of fused-ring (bicyclic) bond motifs is 9. The summed E-state index contributed by atoms with van der Waals surface area (Å²) in [6, 6.07) is 141. The number of benzene rings is 17. The smallest absolute Gasteiger partial charge is 0.252 e. The molecule has 0 spiro atoms. The SMILES string of the molecule is CC(C)(C)c1cc2c3c(c1)N(c1c(-c4ccccc4)cc(-c4ccccc4)cc1-c1ccccc1)c1cc(-n4c5ccc(C(C)(C)C)cc5c5cc(C(C)(C)C)ccc54)ccc1B3c1ccc(-c3c4ccccc4c(-c4ccccc4)c4ccccc34)cc1N2c1c(-c2ccccc2)cc(-c2ccccc2)cc1-c1ccccc1. The predicted octanol–water partition coefficient (Wildman–Crippen LogP) is 28.4. The fourth-order valence-corrected chi connectivity index (χ4v) is 18.5. The van der Waals surface area contributed by atoms with Crippen LogP contribution < -0.4 is 26.2 Å². The first kappa shape index (κ1) is 69.9. The zero-order valence-electron chi connectivity index (χ0n) is 66.1. The van der Waals surface area contributed by atoms with Crippen LogP contribution in [-0.2, 0) is 16.2 Å². The molecule has 3 nitrogen and oxygen atoms in total. The molecule has 0 amide bonds. The van der Waals surface area contributed by atoms with Gasteiger partial charge in [-0.3, -0.25) is 0 Å². The Hall–Kier alpha value is -13.3. The van der Waals surface area contributed by atoms with Gasteiger partial charge < -0.3 is 14.4 Å². The van der Waals surface area contributed by atoms with Crippen molar-refractivity contribution in [3.05, 3.63) is 387 Å². The van der Waals surface area contributed by atoms with Gasteiger partial charge in [0.1, 0.15) is 0 Å². The number of aromatic nitrogens is 1. The van der Waals surface area contributed by atoms with E-state index >= 15 is 0 Å². The summed E-state index contributed by atoms with van der Waals surface area (Å²) in [6.45, 7) is 21.0. The topological polar surface area (TPSA) is 11.4 Å². The second kappa shape index (κ2) is 27.3. The number of rotatable bonds is 11. The van der Waals surface area contributed by atoms with E-state index in [0.717, 1.165) is 112 Å². The minimum atomic E-state index is -0.370. The molecule has 1 aromatic heterocycles. The van der Waals surface area contributed by atoms with Crippen LogP contribution in [0.4, 0.5) is 34.1 Å². The highest BCUT2D eigenvalue weighted by molar-refractivity contribution is 7.00. The lowest BCUT2D eigenvalue weighted by molar-refractivity contribution is 0.590. The van der Waals surface area contributed by atoms with Crippen LogP contribution in [0.2, 0.25) is 0 Å². The molecule has 0 unspecified atom stereocenters. The lowest BCUT2D eigenvalue weighted by atomic mass is 9.33. The minimum Gasteiger partial charge on any atom is -0.310 e. The van der Waals surface area contributed by atoms with Gasteiger partial charge in [0.15, 0.2) is 0 Å². The second-order valence-electron chi connectivity index (χ2n) is 34.3. The third-order valence-electron chi connectivity index (χ3n) is 24.2. The van der Waals surface area contributed by atoms with E-state index in [1.54, 1.807) is 0 Å². The van der Waals surface area contributed by atoms with E-state index in [1.807, 2.05) is 0 Å². The Morgan fingerprint density at radius 1 is 0.219 bits per heavy atom. The third kappa shape index (κ3) is 11.8. The average molecular weight is 1460 g/mol. The normalized spacial score (nSPS) is 12.7. The van der Waals surface area contributed by atoms with Crippen LogP contribution in [0, 0.1) is 0 Å². The molecule has 4 heteroatoms. The van der Waals surface area contributed by atoms with Crippen molar-refractivity contribution in [1.29, 1.82) is 0 Å². The summed E-state index contributed by atoms with van der Waals surface area (Å²) in [5.74, 6) is 0. The van der Waals surface area contributed by atoms with E-state index in [9.17, 15) is 0 Å². The molecule has 0 aliphatic carbocycles. The van der Waals surface area contributed by atoms with E-state index < -0.39 is 0 Å². The lowest BCUT2D eigenvalue weighted by Gasteiger charge is -2.46. The number of anilines is 6. The molecule has 114 heavy (non-hydrogen) atoms. The highest BCUT2D eigenvalue weighted by atomic mass is 15.2. The number of hydrogen-bond donors (Lipinski definition) is 0. The molecular formula is C110H88BN3. The summed E-state index contributed by atoms with van der Waals surface area (Å²) in [6.07, 6.45) is 0. The van der Waals surface area contributed by atoms with Crippen LogP contribution in [0.5, 0.6) is 0 Å². The Labute approximate surface area is 670 Å². The summed E-state index contributed by atoms with van der Waals surface area (Å²) in [4.78, 5) is 5.48. The zero-order valence-corrected chi connectivity index (χ0v) is 66.1. The predicted molar refractivity (Wildman–Crippen MR) is 489 cm³/mol. The van der Waals surface area contributed by atoms with Crippen molar-refractivity contribution < 1.29 is 0 Å². The molecule has 546 valence electrons. The fraction of sp³-hybridized carbons (Fsp3) is 0.109. The van der Waals surface area contributed by atoms with Crippen LogP contribution in [-0.4, -0.2) is 11.3 Å². The van der Waals surface area contributed by atoms with Crippen molar-refractivity contribution in [1.82, 2.24) is 4.57 Å². The molecule has 0 radical (unpaired) electrons. The van der Waals surface area contributed by atoms with Gasteiger partial charge in [-0.05, 0) is 216 Å². The highest BCUT2D eigenvalue weighted by Gasteiger charge is 2.47. The van der Waals surface area contributed by atoms with Gasteiger partial charge in [-0.2, -0.15) is 0 Å². The maximum Gasteiger partial charge on any atom is 0.252 e. The third-order valence-corrected chi connectivity index (χ3v) is 24.2. The standard InChI is InChI=1S/C110H88BN3/c1-108(2,3)81-54-59-97-93(66-81)94-67-82(109(4,5)6)55-60-98(94)112(97)84-56-58-96-100(70-84)114(107-91(75-43-25-14-26-44-75)63-80(72-37-19-11-20-38-72)64-92(107)76-45-27-15-28-46-76)102-69-83(110(7,8)9)68-101-105(102)111(96)95-57-53-78(104-87-51-33-31-49-85(87)103(77-47-29-16-30-48-77)86-50-32-34-52-88(86)104)65-99(95)113(101)106-89(73-39-21-12-22-40-73)61-79(71-35-17-10-18-36-71)62-90(106)74-41-23-13-24-42-74/h10-70H,1-9H3. The van der Waals surface area contributed by atoms with Gasteiger partial charge in [0.25, 0.3) is 6.71 Å². The first-order chi connectivity index (χ1) is 55.5. The quantitative estimate of drug-likeness (QED) is 0.0944. The van der Waals surface area contributed by atoms with Crippen molar-refractivity contribution in [2.45, 2.75) is 78.6 Å². The molecule has 0 saturated heterocycles. The van der Waals surface area contributed by atoms with Crippen LogP contribution in [0.25, 0.3) is 138 Å². The molecule has 0 fully saturated rings. The van der Waals surface area contributed by atoms with Crippen LogP contribution in [0.3, 0.4) is 0 Å². The van der Waals surface area contributed by atoms with E-state index in [4.69, 9.17) is 0 Å². The summed E-state index contributed by atoms with van der Waals surface area (Å²) >= 11 is 0. The second-order valence-corrected chi connectivity index (χ2v) is 34.3. The van der Waals surface area contributed by atoms with Crippen molar-refractivity contribution in [3.8, 4) is 94.7 Å². The van der Waals surface area contributed by atoms with Crippen LogP contribution in [0.15, 0.2) is 370 Å². The minimum absolute atomic E-state index is 0.0727. The molecular weight excluding hydrogens is 1370 g/mol. The van der Waals surface area contributed by atoms with E-state index in [-0.39, 0.29) is 23.0 Å². The van der Waals surface area contributed by atoms with Gasteiger partial charge >= 0.3 is 0 Å². The first-order valence-electron chi connectivity index (χ1n) is 40.3. The molecule has 0 atom stereocenters. The Morgan fingerprint density at radius 2 is 0.535 bits per heavy atom. The molecule has 0 N–H and O–H groups in total. The van der Waals surface area contributed by atoms with E-state index in [0.29, 0.717) is 0 Å². The fourth-order valence-electron chi connectivity index (χ4n) is 18.5.